The summed E-state index contributed by atoms with van der Waals surface area (Å²) < 4.78 is 5.69. The van der Waals surface area contributed by atoms with Gasteiger partial charge >= 0.3 is 0 Å². The summed E-state index contributed by atoms with van der Waals surface area (Å²) >= 11 is 0. The Hall–Kier alpha value is -1.38. The van der Waals surface area contributed by atoms with Crippen molar-refractivity contribution >= 4 is 10.8 Å². The molecule has 0 aliphatic carbocycles. The highest BCUT2D eigenvalue weighted by Crippen LogP contribution is 2.33. The predicted octanol–water partition coefficient (Wildman–Crippen LogP) is 3.92. The first kappa shape index (κ1) is 14.0. The smallest absolute Gasteiger partial charge is 0.0816 e. The molecular formula is C17H23NO. The first-order valence-electron chi connectivity index (χ1n) is 6.86. The zero-order valence-electron chi connectivity index (χ0n) is 12.2. The Labute approximate surface area is 115 Å². The summed E-state index contributed by atoms with van der Waals surface area (Å²) in [4.78, 5) is 0. The van der Waals surface area contributed by atoms with Crippen LogP contribution in [0.25, 0.3) is 10.8 Å². The van der Waals surface area contributed by atoms with Gasteiger partial charge in [-0.05, 0) is 36.7 Å². The van der Waals surface area contributed by atoms with Crippen molar-refractivity contribution in [3.8, 4) is 0 Å². The van der Waals surface area contributed by atoms with Crippen LogP contribution in [0.2, 0.25) is 0 Å². The van der Waals surface area contributed by atoms with Crippen molar-refractivity contribution in [3.05, 3.63) is 48.0 Å². The summed E-state index contributed by atoms with van der Waals surface area (Å²) in [6, 6.07) is 15.1. The number of nitrogens with one attached hydrogen (secondary N) is 1. The topological polar surface area (TPSA) is 21.3 Å². The molecule has 1 atom stereocenters. The first-order chi connectivity index (χ1) is 9.10. The van der Waals surface area contributed by atoms with E-state index in [2.05, 4.69) is 68.6 Å². The molecule has 1 N–H and O–H groups in total. The van der Waals surface area contributed by atoms with Gasteiger partial charge in [-0.25, -0.2) is 0 Å². The average Bonchev–Trinajstić information content (AvgIpc) is 2.44. The van der Waals surface area contributed by atoms with Crippen LogP contribution < -0.4 is 5.32 Å². The molecule has 2 aromatic carbocycles. The Morgan fingerprint density at radius 1 is 1.11 bits per heavy atom. The van der Waals surface area contributed by atoms with Crippen molar-refractivity contribution < 1.29 is 4.74 Å². The van der Waals surface area contributed by atoms with E-state index in [4.69, 9.17) is 4.74 Å². The maximum atomic E-state index is 5.69. The number of hydrogen-bond donors (Lipinski definition) is 1. The highest BCUT2D eigenvalue weighted by atomic mass is 16.5. The monoisotopic (exact) mass is 257 g/mol. The van der Waals surface area contributed by atoms with Crippen LogP contribution in [0, 0.1) is 0 Å². The molecule has 1 unspecified atom stereocenters. The maximum Gasteiger partial charge on any atom is 0.0816 e. The molecule has 0 fully saturated rings. The molecule has 0 radical (unpaired) electrons. The van der Waals surface area contributed by atoms with Crippen LogP contribution in [-0.2, 0) is 4.74 Å². The fourth-order valence-electron chi connectivity index (χ4n) is 2.55. The molecule has 2 rings (SSSR count). The van der Waals surface area contributed by atoms with Gasteiger partial charge in [0.1, 0.15) is 0 Å². The number of methoxy groups -OCH3 is 1. The van der Waals surface area contributed by atoms with Crippen LogP contribution in [0.5, 0.6) is 0 Å². The van der Waals surface area contributed by atoms with Crippen molar-refractivity contribution in [1.29, 1.82) is 0 Å². The largest absolute Gasteiger partial charge is 0.377 e. The Bertz CT molecular complexity index is 542. The second-order valence-corrected chi connectivity index (χ2v) is 5.37. The van der Waals surface area contributed by atoms with E-state index < -0.39 is 0 Å². The lowest BCUT2D eigenvalue weighted by Gasteiger charge is -2.34. The molecule has 0 aliphatic rings. The third-order valence-corrected chi connectivity index (χ3v) is 3.76. The standard InChI is InChI=1S/C17H23NO/c1-5-18-16(17(2,3)19-4)15-12-8-10-13-9-6-7-11-14(13)15/h6-12,16,18H,5H2,1-4H3. The fourth-order valence-corrected chi connectivity index (χ4v) is 2.55. The minimum Gasteiger partial charge on any atom is -0.377 e. The highest BCUT2D eigenvalue weighted by molar-refractivity contribution is 5.86. The minimum absolute atomic E-state index is 0.175. The van der Waals surface area contributed by atoms with Gasteiger partial charge in [-0.2, -0.15) is 0 Å². The molecule has 0 heterocycles. The lowest BCUT2D eigenvalue weighted by Crippen LogP contribution is -2.40. The van der Waals surface area contributed by atoms with Crippen molar-refractivity contribution in [1.82, 2.24) is 5.32 Å². The van der Waals surface area contributed by atoms with Gasteiger partial charge in [-0.15, -0.1) is 0 Å². The van der Waals surface area contributed by atoms with Crippen molar-refractivity contribution in [3.63, 3.8) is 0 Å². The number of fused-ring (bicyclic) bond motifs is 1. The molecule has 0 aromatic heterocycles. The Kier molecular flexibility index (Phi) is 4.23. The number of ether oxygens (including phenoxy) is 1. The molecule has 19 heavy (non-hydrogen) atoms. The zero-order valence-corrected chi connectivity index (χ0v) is 12.2. The van der Waals surface area contributed by atoms with Gasteiger partial charge in [-0.3, -0.25) is 0 Å². The Morgan fingerprint density at radius 3 is 2.47 bits per heavy atom. The van der Waals surface area contributed by atoms with Crippen molar-refractivity contribution in [2.45, 2.75) is 32.4 Å². The van der Waals surface area contributed by atoms with E-state index in [1.165, 1.54) is 16.3 Å². The van der Waals surface area contributed by atoms with E-state index in [0.29, 0.717) is 0 Å². The number of hydrogen-bond acceptors (Lipinski definition) is 2. The van der Waals surface area contributed by atoms with Gasteiger partial charge in [0.2, 0.25) is 0 Å². The molecule has 0 spiro atoms. The van der Waals surface area contributed by atoms with Crippen LogP contribution in [0.1, 0.15) is 32.4 Å². The van der Waals surface area contributed by atoms with Crippen molar-refractivity contribution in [2.24, 2.45) is 0 Å². The first-order valence-corrected chi connectivity index (χ1v) is 6.86. The maximum absolute atomic E-state index is 5.69. The Balaban J connectivity index is 2.56. The molecule has 2 nitrogen and oxygen atoms in total. The van der Waals surface area contributed by atoms with E-state index >= 15 is 0 Å². The van der Waals surface area contributed by atoms with Crippen LogP contribution >= 0.6 is 0 Å². The van der Waals surface area contributed by atoms with Gasteiger partial charge < -0.3 is 10.1 Å². The van der Waals surface area contributed by atoms with Gasteiger partial charge in [0.15, 0.2) is 0 Å². The second kappa shape index (κ2) is 5.72. The van der Waals surface area contributed by atoms with Gasteiger partial charge in [0, 0.05) is 7.11 Å². The summed E-state index contributed by atoms with van der Waals surface area (Å²) in [6.45, 7) is 7.30. The van der Waals surface area contributed by atoms with Gasteiger partial charge in [0.05, 0.1) is 11.6 Å². The van der Waals surface area contributed by atoms with Crippen LogP contribution in [0.3, 0.4) is 0 Å². The Morgan fingerprint density at radius 2 is 1.79 bits per heavy atom. The van der Waals surface area contributed by atoms with Crippen molar-refractivity contribution in [2.75, 3.05) is 13.7 Å². The molecule has 2 aromatic rings. The molecule has 0 saturated heterocycles. The molecule has 2 heteroatoms. The van der Waals surface area contributed by atoms with Gasteiger partial charge in [0.25, 0.3) is 0 Å². The molecule has 0 amide bonds. The normalized spacial score (nSPS) is 13.7. The molecular weight excluding hydrogens is 234 g/mol. The fraction of sp³-hybridized carbons (Fsp3) is 0.412. The van der Waals surface area contributed by atoms with E-state index in [9.17, 15) is 0 Å². The molecule has 102 valence electrons. The summed E-state index contributed by atoms with van der Waals surface area (Å²) in [5, 5.41) is 6.12. The average molecular weight is 257 g/mol. The van der Waals surface area contributed by atoms with E-state index in [-0.39, 0.29) is 11.6 Å². The van der Waals surface area contributed by atoms with Gasteiger partial charge in [-0.1, -0.05) is 49.4 Å². The van der Waals surface area contributed by atoms with E-state index in [0.717, 1.165) is 6.54 Å². The third kappa shape index (κ3) is 2.80. The minimum atomic E-state index is -0.250. The number of benzene rings is 2. The summed E-state index contributed by atoms with van der Waals surface area (Å²) in [7, 11) is 1.77. The molecule has 0 aliphatic heterocycles. The van der Waals surface area contributed by atoms with Crippen LogP contribution in [0.4, 0.5) is 0 Å². The summed E-state index contributed by atoms with van der Waals surface area (Å²) in [6.07, 6.45) is 0. The van der Waals surface area contributed by atoms with E-state index in [1.807, 2.05) is 0 Å². The lowest BCUT2D eigenvalue weighted by atomic mass is 9.88. The SMILES string of the molecule is CCNC(c1cccc2ccccc12)C(C)(C)OC. The lowest BCUT2D eigenvalue weighted by molar-refractivity contribution is -0.0102. The predicted molar refractivity (Wildman–Crippen MR) is 81.5 cm³/mol. The summed E-state index contributed by atoms with van der Waals surface area (Å²) in [5.41, 5.74) is 1.05. The van der Waals surface area contributed by atoms with E-state index in [1.54, 1.807) is 7.11 Å². The second-order valence-electron chi connectivity index (χ2n) is 5.37. The zero-order chi connectivity index (χ0) is 13.9. The number of likely N-dealkylation sites (N-methyl/N-ethyl adjacent to an activating group) is 1. The van der Waals surface area contributed by atoms with Crippen LogP contribution in [0.15, 0.2) is 42.5 Å². The molecule has 0 saturated carbocycles. The third-order valence-electron chi connectivity index (χ3n) is 3.76. The number of rotatable bonds is 5. The van der Waals surface area contributed by atoms with Crippen LogP contribution in [-0.4, -0.2) is 19.3 Å². The summed E-state index contributed by atoms with van der Waals surface area (Å²) in [5.74, 6) is 0. The quantitative estimate of drug-likeness (QED) is 0.876. The molecule has 0 bridgehead atoms. The highest BCUT2D eigenvalue weighted by Gasteiger charge is 2.30.